The van der Waals surface area contributed by atoms with Gasteiger partial charge < -0.3 is 0 Å². The van der Waals surface area contributed by atoms with Gasteiger partial charge in [-0.15, -0.1) is 0 Å². The smallest absolute Gasteiger partial charge is 0.0440 e. The first-order chi connectivity index (χ1) is 7.70. The molecule has 0 aliphatic carbocycles. The zero-order valence-corrected chi connectivity index (χ0v) is 11.0. The molecule has 3 radical (unpaired) electrons. The van der Waals surface area contributed by atoms with Crippen molar-refractivity contribution in [3.8, 4) is 0 Å². The van der Waals surface area contributed by atoms with Gasteiger partial charge in [-0.05, 0) is 28.8 Å². The normalized spacial score (nSPS) is 10.8. The lowest BCUT2D eigenvalue weighted by Crippen LogP contribution is -2.01. The summed E-state index contributed by atoms with van der Waals surface area (Å²) < 4.78 is 0. The third kappa shape index (κ3) is 2.32. The summed E-state index contributed by atoms with van der Waals surface area (Å²) in [5.74, 6) is 0. The Labute approximate surface area is 109 Å². The van der Waals surface area contributed by atoms with Crippen molar-refractivity contribution in [3.05, 3.63) is 69.7 Å². The molecule has 0 atom stereocenters. The van der Waals surface area contributed by atoms with Gasteiger partial charge in [0.1, 0.15) is 0 Å². The van der Waals surface area contributed by atoms with Gasteiger partial charge >= 0.3 is 0 Å². The quantitative estimate of drug-likeness (QED) is 0.711. The Morgan fingerprint density at radius 3 is 1.50 bits per heavy atom. The van der Waals surface area contributed by atoms with Gasteiger partial charge in [-0.2, -0.15) is 0 Å². The highest BCUT2D eigenvalue weighted by Crippen LogP contribution is 2.31. The first kappa shape index (κ1) is 11.7. The molecular formula is C13H9Cl2Si. The molecule has 0 heterocycles. The van der Waals surface area contributed by atoms with E-state index in [0.717, 1.165) is 21.2 Å². The minimum atomic E-state index is 0.0161. The Morgan fingerprint density at radius 1 is 0.750 bits per heavy atom. The van der Waals surface area contributed by atoms with Gasteiger partial charge in [0.05, 0.1) is 0 Å². The molecule has 16 heavy (non-hydrogen) atoms. The van der Waals surface area contributed by atoms with Crippen LogP contribution in [-0.4, -0.2) is 10.2 Å². The summed E-state index contributed by atoms with van der Waals surface area (Å²) in [4.78, 5) is 0. The van der Waals surface area contributed by atoms with Crippen LogP contribution in [0.5, 0.6) is 0 Å². The molecule has 0 saturated carbocycles. The van der Waals surface area contributed by atoms with E-state index in [2.05, 4.69) is 10.2 Å². The molecule has 0 nitrogen and oxygen atoms in total. The van der Waals surface area contributed by atoms with Gasteiger partial charge in [0.25, 0.3) is 0 Å². The van der Waals surface area contributed by atoms with Gasteiger partial charge in [-0.1, -0.05) is 59.6 Å². The van der Waals surface area contributed by atoms with Crippen LogP contribution in [0.4, 0.5) is 0 Å². The highest BCUT2D eigenvalue weighted by atomic mass is 35.5. The van der Waals surface area contributed by atoms with Crippen molar-refractivity contribution in [2.45, 2.75) is 5.54 Å². The molecule has 0 aliphatic heterocycles. The first-order valence-electron chi connectivity index (χ1n) is 4.90. The van der Waals surface area contributed by atoms with Crippen LogP contribution in [0.25, 0.3) is 0 Å². The number of benzene rings is 2. The average Bonchev–Trinajstić information content (AvgIpc) is 2.29. The molecule has 0 unspecified atom stereocenters. The van der Waals surface area contributed by atoms with Gasteiger partial charge in [-0.25, -0.2) is 0 Å². The molecule has 2 aromatic rings. The molecule has 0 aromatic heterocycles. The Bertz CT molecular complexity index is 451. The second-order valence-electron chi connectivity index (χ2n) is 3.48. The molecule has 0 bridgehead atoms. The molecule has 79 valence electrons. The predicted octanol–water partition coefficient (Wildman–Crippen LogP) is 4.25. The minimum absolute atomic E-state index is 0.0161. The van der Waals surface area contributed by atoms with E-state index in [-0.39, 0.29) is 5.54 Å². The zero-order valence-electron chi connectivity index (χ0n) is 8.45. The highest BCUT2D eigenvalue weighted by molar-refractivity contribution is 6.34. The van der Waals surface area contributed by atoms with E-state index in [0.29, 0.717) is 0 Å². The van der Waals surface area contributed by atoms with E-state index >= 15 is 0 Å². The van der Waals surface area contributed by atoms with E-state index in [1.807, 2.05) is 48.5 Å². The second kappa shape index (κ2) is 5.04. The molecule has 0 saturated heterocycles. The number of halogens is 2. The van der Waals surface area contributed by atoms with Crippen LogP contribution in [0.15, 0.2) is 48.5 Å². The van der Waals surface area contributed by atoms with E-state index in [1.54, 1.807) is 0 Å². The third-order valence-corrected chi connectivity index (χ3v) is 3.74. The lowest BCUT2D eigenvalue weighted by Gasteiger charge is -2.15. The summed E-state index contributed by atoms with van der Waals surface area (Å²) in [5, 5.41) is 1.48. The van der Waals surface area contributed by atoms with Crippen molar-refractivity contribution in [2.24, 2.45) is 0 Å². The molecule has 0 aliphatic rings. The zero-order chi connectivity index (χ0) is 11.5. The Balaban J connectivity index is 2.44. The van der Waals surface area contributed by atoms with E-state index in [4.69, 9.17) is 23.2 Å². The maximum atomic E-state index is 6.15. The van der Waals surface area contributed by atoms with Crippen LogP contribution in [0.2, 0.25) is 10.0 Å². The Hall–Kier alpha value is -0.763. The fourth-order valence-electron chi connectivity index (χ4n) is 1.59. The lowest BCUT2D eigenvalue weighted by molar-refractivity contribution is 1.14. The predicted molar refractivity (Wildman–Crippen MR) is 70.5 cm³/mol. The maximum Gasteiger partial charge on any atom is 0.0440 e. The monoisotopic (exact) mass is 263 g/mol. The summed E-state index contributed by atoms with van der Waals surface area (Å²) in [6.45, 7) is 0. The molecule has 2 rings (SSSR count). The summed E-state index contributed by atoms with van der Waals surface area (Å²) in [6, 6.07) is 15.5. The van der Waals surface area contributed by atoms with E-state index < -0.39 is 0 Å². The van der Waals surface area contributed by atoms with Gasteiger partial charge in [-0.3, -0.25) is 0 Å². The highest BCUT2D eigenvalue weighted by Gasteiger charge is 2.13. The summed E-state index contributed by atoms with van der Waals surface area (Å²) in [7, 11) is 3.68. The Kier molecular flexibility index (Phi) is 3.69. The molecule has 0 fully saturated rings. The fraction of sp³-hybridized carbons (Fsp3) is 0.0769. The van der Waals surface area contributed by atoms with E-state index in [9.17, 15) is 0 Å². The molecule has 0 amide bonds. The third-order valence-electron chi connectivity index (χ3n) is 2.43. The lowest BCUT2D eigenvalue weighted by atomic mass is 10.0. The van der Waals surface area contributed by atoms with Crippen LogP contribution >= 0.6 is 23.2 Å². The van der Waals surface area contributed by atoms with Crippen molar-refractivity contribution < 1.29 is 0 Å². The molecule has 0 spiro atoms. The summed E-state index contributed by atoms with van der Waals surface area (Å²) in [6.07, 6.45) is 0. The van der Waals surface area contributed by atoms with Crippen LogP contribution in [0, 0.1) is 0 Å². The van der Waals surface area contributed by atoms with Crippen LogP contribution in [0.3, 0.4) is 0 Å². The number of hydrogen-bond acceptors (Lipinski definition) is 0. The topological polar surface area (TPSA) is 0 Å². The van der Waals surface area contributed by atoms with Crippen LogP contribution in [0.1, 0.15) is 16.7 Å². The summed E-state index contributed by atoms with van der Waals surface area (Å²) in [5.41, 5.74) is 2.06. The van der Waals surface area contributed by atoms with Crippen molar-refractivity contribution in [1.82, 2.24) is 0 Å². The molecule has 2 aromatic carbocycles. The second-order valence-corrected chi connectivity index (χ2v) is 4.87. The maximum absolute atomic E-state index is 6.15. The van der Waals surface area contributed by atoms with Gasteiger partial charge in [0.15, 0.2) is 0 Å². The van der Waals surface area contributed by atoms with Crippen molar-refractivity contribution >= 4 is 33.4 Å². The fourth-order valence-corrected chi connectivity index (χ4v) is 2.76. The van der Waals surface area contributed by atoms with Gasteiger partial charge in [0.2, 0.25) is 0 Å². The van der Waals surface area contributed by atoms with Gasteiger partial charge in [0, 0.05) is 20.3 Å². The van der Waals surface area contributed by atoms with Crippen molar-refractivity contribution in [3.63, 3.8) is 0 Å². The van der Waals surface area contributed by atoms with Crippen LogP contribution in [-0.2, 0) is 0 Å². The largest absolute Gasteiger partial charge is 0.0840 e. The van der Waals surface area contributed by atoms with Crippen LogP contribution < -0.4 is 0 Å². The SMILES string of the molecule is [Si]C(c1ccccc1Cl)c1ccccc1Cl. The first-order valence-corrected chi connectivity index (χ1v) is 6.23. The molecule has 3 heteroatoms. The minimum Gasteiger partial charge on any atom is -0.0840 e. The number of rotatable bonds is 2. The number of hydrogen-bond donors (Lipinski definition) is 0. The molecule has 0 N–H and O–H groups in total. The standard InChI is InChI=1S/C13H9Cl2Si/c14-11-7-3-1-5-9(11)13(16)10-6-2-4-8-12(10)15/h1-8,13H. The molecular weight excluding hydrogens is 255 g/mol. The van der Waals surface area contributed by atoms with Crippen molar-refractivity contribution in [2.75, 3.05) is 0 Å². The van der Waals surface area contributed by atoms with E-state index in [1.165, 1.54) is 0 Å². The average molecular weight is 264 g/mol. The Morgan fingerprint density at radius 2 is 1.12 bits per heavy atom. The summed E-state index contributed by atoms with van der Waals surface area (Å²) >= 11 is 12.3. The van der Waals surface area contributed by atoms with Crippen molar-refractivity contribution in [1.29, 1.82) is 0 Å².